The molecular weight excluding hydrogens is 281 g/mol. The van der Waals surface area contributed by atoms with Crippen molar-refractivity contribution in [3.63, 3.8) is 0 Å². The van der Waals surface area contributed by atoms with Crippen LogP contribution < -0.4 is 10.2 Å². The number of hydrogen-bond donors (Lipinski definition) is 1. The quantitative estimate of drug-likeness (QED) is 0.943. The number of piperidine rings is 1. The topological polar surface area (TPSA) is 64.8 Å². The minimum atomic E-state index is -0.484. The van der Waals surface area contributed by atoms with E-state index >= 15 is 0 Å². The molecule has 22 heavy (non-hydrogen) atoms. The summed E-state index contributed by atoms with van der Waals surface area (Å²) in [6.07, 6.45) is 5.25. The summed E-state index contributed by atoms with van der Waals surface area (Å²) in [6, 6.07) is 8.60. The minimum Gasteiger partial charge on any atom is -0.381 e. The summed E-state index contributed by atoms with van der Waals surface area (Å²) in [6.45, 7) is 1.66. The molecule has 1 aromatic heterocycles. The van der Waals surface area contributed by atoms with E-state index in [1.807, 2.05) is 6.07 Å². The Balaban J connectivity index is 1.63. The van der Waals surface area contributed by atoms with Crippen LogP contribution >= 0.6 is 0 Å². The van der Waals surface area contributed by atoms with Gasteiger partial charge in [-0.2, -0.15) is 5.26 Å². The normalized spacial score (nSPS) is 15.4. The summed E-state index contributed by atoms with van der Waals surface area (Å²) in [5.74, 6) is 0.257. The van der Waals surface area contributed by atoms with Gasteiger partial charge in [0.1, 0.15) is 17.4 Å². The van der Waals surface area contributed by atoms with E-state index in [4.69, 9.17) is 5.26 Å². The predicted molar refractivity (Wildman–Crippen MR) is 82.0 cm³/mol. The van der Waals surface area contributed by atoms with Crippen molar-refractivity contribution in [3.05, 3.63) is 48.0 Å². The molecule has 5 nitrogen and oxygen atoms in total. The Kier molecular flexibility index (Phi) is 4.15. The van der Waals surface area contributed by atoms with E-state index in [0.717, 1.165) is 31.9 Å². The van der Waals surface area contributed by atoms with Crippen molar-refractivity contribution < 1.29 is 4.39 Å². The van der Waals surface area contributed by atoms with Crippen molar-refractivity contribution >= 4 is 11.6 Å². The molecule has 3 rings (SSSR count). The van der Waals surface area contributed by atoms with Crippen LogP contribution in [0.15, 0.2) is 36.7 Å². The third-order valence-electron chi connectivity index (χ3n) is 3.81. The standard InChI is InChI=1S/C16H16FN5/c17-14-3-1-4-15(13(14)11-18)21-12-5-9-22(10-6-12)16-19-7-2-8-20-16/h1-4,7-8,12,21H,5-6,9-10H2. The van der Waals surface area contributed by atoms with Gasteiger partial charge >= 0.3 is 0 Å². The lowest BCUT2D eigenvalue weighted by molar-refractivity contribution is 0.519. The summed E-state index contributed by atoms with van der Waals surface area (Å²) in [7, 11) is 0. The summed E-state index contributed by atoms with van der Waals surface area (Å²) in [5, 5.41) is 12.3. The first-order chi connectivity index (χ1) is 10.8. The van der Waals surface area contributed by atoms with Crippen molar-refractivity contribution in [2.45, 2.75) is 18.9 Å². The number of nitrogens with one attached hydrogen (secondary N) is 1. The molecule has 6 heteroatoms. The maximum absolute atomic E-state index is 13.6. The van der Waals surface area contributed by atoms with Gasteiger partial charge in [0.2, 0.25) is 5.95 Å². The van der Waals surface area contributed by atoms with Crippen LogP contribution in [-0.2, 0) is 0 Å². The fraction of sp³-hybridized carbons (Fsp3) is 0.312. The van der Waals surface area contributed by atoms with Crippen LogP contribution in [0.3, 0.4) is 0 Å². The Morgan fingerprint density at radius 3 is 2.59 bits per heavy atom. The Labute approximate surface area is 128 Å². The van der Waals surface area contributed by atoms with E-state index in [0.29, 0.717) is 5.69 Å². The molecule has 1 fully saturated rings. The second-order valence-electron chi connectivity index (χ2n) is 5.23. The summed E-state index contributed by atoms with van der Waals surface area (Å²) >= 11 is 0. The lowest BCUT2D eigenvalue weighted by Crippen LogP contribution is -2.40. The second kappa shape index (κ2) is 6.39. The van der Waals surface area contributed by atoms with Crippen LogP contribution in [0, 0.1) is 17.1 Å². The van der Waals surface area contributed by atoms with Gasteiger partial charge in [0.05, 0.1) is 5.69 Å². The van der Waals surface area contributed by atoms with Gasteiger partial charge in [0.25, 0.3) is 0 Å². The van der Waals surface area contributed by atoms with Crippen LogP contribution in [0.1, 0.15) is 18.4 Å². The number of nitriles is 1. The molecule has 112 valence electrons. The van der Waals surface area contributed by atoms with Crippen LogP contribution in [0.5, 0.6) is 0 Å². The Hall–Kier alpha value is -2.68. The third kappa shape index (κ3) is 2.98. The van der Waals surface area contributed by atoms with Crippen molar-refractivity contribution in [2.24, 2.45) is 0 Å². The van der Waals surface area contributed by atoms with E-state index in [2.05, 4.69) is 20.2 Å². The highest BCUT2D eigenvalue weighted by molar-refractivity contribution is 5.58. The minimum absolute atomic E-state index is 0.0799. The number of anilines is 2. The second-order valence-corrected chi connectivity index (χ2v) is 5.23. The molecular formula is C16H16FN5. The first kappa shape index (κ1) is 14.3. The highest BCUT2D eigenvalue weighted by Crippen LogP contribution is 2.23. The first-order valence-corrected chi connectivity index (χ1v) is 7.25. The van der Waals surface area contributed by atoms with E-state index in [-0.39, 0.29) is 11.6 Å². The highest BCUT2D eigenvalue weighted by atomic mass is 19.1. The number of rotatable bonds is 3. The van der Waals surface area contributed by atoms with Gasteiger partial charge in [-0.3, -0.25) is 0 Å². The number of halogens is 1. The smallest absolute Gasteiger partial charge is 0.225 e. The van der Waals surface area contributed by atoms with Gasteiger partial charge in [-0.25, -0.2) is 14.4 Å². The molecule has 0 aliphatic carbocycles. The molecule has 2 heterocycles. The fourth-order valence-corrected chi connectivity index (χ4v) is 2.66. The summed E-state index contributed by atoms with van der Waals surface area (Å²) in [4.78, 5) is 10.6. The zero-order valence-electron chi connectivity index (χ0n) is 12.0. The third-order valence-corrected chi connectivity index (χ3v) is 3.81. The SMILES string of the molecule is N#Cc1c(F)cccc1NC1CCN(c2ncccn2)CC1. The maximum Gasteiger partial charge on any atom is 0.225 e. The summed E-state index contributed by atoms with van der Waals surface area (Å²) in [5.41, 5.74) is 0.647. The van der Waals surface area contributed by atoms with E-state index < -0.39 is 5.82 Å². The zero-order valence-corrected chi connectivity index (χ0v) is 12.0. The average molecular weight is 297 g/mol. The fourth-order valence-electron chi connectivity index (χ4n) is 2.66. The van der Waals surface area contributed by atoms with E-state index in [9.17, 15) is 4.39 Å². The average Bonchev–Trinajstić information content (AvgIpc) is 2.57. The largest absolute Gasteiger partial charge is 0.381 e. The summed E-state index contributed by atoms with van der Waals surface area (Å²) < 4.78 is 13.6. The molecule has 0 amide bonds. The number of benzene rings is 1. The molecule has 1 N–H and O–H groups in total. The molecule has 0 atom stereocenters. The van der Waals surface area contributed by atoms with Crippen molar-refractivity contribution in [1.29, 1.82) is 5.26 Å². The van der Waals surface area contributed by atoms with Gasteiger partial charge in [-0.05, 0) is 31.0 Å². The van der Waals surface area contributed by atoms with Crippen LogP contribution in [0.4, 0.5) is 16.0 Å². The number of aromatic nitrogens is 2. The van der Waals surface area contributed by atoms with E-state index in [1.54, 1.807) is 30.6 Å². The molecule has 0 bridgehead atoms. The predicted octanol–water partition coefficient (Wildman–Crippen LogP) is 2.57. The van der Waals surface area contributed by atoms with Crippen LogP contribution in [0.2, 0.25) is 0 Å². The van der Waals surface area contributed by atoms with Gasteiger partial charge in [0, 0.05) is 31.5 Å². The van der Waals surface area contributed by atoms with Crippen molar-refractivity contribution in [2.75, 3.05) is 23.3 Å². The lowest BCUT2D eigenvalue weighted by atomic mass is 10.0. The number of hydrogen-bond acceptors (Lipinski definition) is 5. The van der Waals surface area contributed by atoms with Crippen molar-refractivity contribution in [3.8, 4) is 6.07 Å². The molecule has 1 aliphatic rings. The molecule has 0 spiro atoms. The molecule has 0 radical (unpaired) electrons. The Bertz CT molecular complexity index is 675. The molecule has 1 aromatic carbocycles. The highest BCUT2D eigenvalue weighted by Gasteiger charge is 2.21. The monoisotopic (exact) mass is 297 g/mol. The lowest BCUT2D eigenvalue weighted by Gasteiger charge is -2.32. The number of nitrogens with zero attached hydrogens (tertiary/aromatic N) is 4. The van der Waals surface area contributed by atoms with Crippen LogP contribution in [0.25, 0.3) is 0 Å². The molecule has 0 unspecified atom stereocenters. The Morgan fingerprint density at radius 2 is 1.91 bits per heavy atom. The van der Waals surface area contributed by atoms with Crippen LogP contribution in [-0.4, -0.2) is 29.1 Å². The Morgan fingerprint density at radius 1 is 1.18 bits per heavy atom. The molecule has 1 saturated heterocycles. The van der Waals surface area contributed by atoms with Crippen molar-refractivity contribution in [1.82, 2.24) is 9.97 Å². The molecule has 0 saturated carbocycles. The first-order valence-electron chi connectivity index (χ1n) is 7.25. The van der Waals surface area contributed by atoms with E-state index in [1.165, 1.54) is 6.07 Å². The van der Waals surface area contributed by atoms with Gasteiger partial charge in [0.15, 0.2) is 0 Å². The van der Waals surface area contributed by atoms with Gasteiger partial charge in [-0.1, -0.05) is 6.07 Å². The van der Waals surface area contributed by atoms with Gasteiger partial charge < -0.3 is 10.2 Å². The zero-order chi connectivity index (χ0) is 15.4. The molecule has 2 aromatic rings. The van der Waals surface area contributed by atoms with Gasteiger partial charge in [-0.15, -0.1) is 0 Å². The maximum atomic E-state index is 13.6. The molecule has 1 aliphatic heterocycles.